The Labute approximate surface area is 114 Å². The SMILES string of the molecule is Cc1ncccc1NS(=O)(=O)CCCCNC1CC1. The molecular formula is C13H21N3O2S. The summed E-state index contributed by atoms with van der Waals surface area (Å²) in [5.74, 6) is 0.160. The van der Waals surface area contributed by atoms with Gasteiger partial charge < -0.3 is 5.32 Å². The molecule has 2 N–H and O–H groups in total. The van der Waals surface area contributed by atoms with Crippen molar-refractivity contribution < 1.29 is 8.42 Å². The molecule has 0 radical (unpaired) electrons. The van der Waals surface area contributed by atoms with Crippen LogP contribution < -0.4 is 10.0 Å². The summed E-state index contributed by atoms with van der Waals surface area (Å²) in [6.07, 6.45) is 5.74. The van der Waals surface area contributed by atoms with Crippen molar-refractivity contribution in [3.63, 3.8) is 0 Å². The van der Waals surface area contributed by atoms with E-state index in [0.29, 0.717) is 23.8 Å². The Hall–Kier alpha value is -1.14. The van der Waals surface area contributed by atoms with Gasteiger partial charge in [-0.3, -0.25) is 9.71 Å². The van der Waals surface area contributed by atoms with Gasteiger partial charge in [0.15, 0.2) is 0 Å². The van der Waals surface area contributed by atoms with Crippen molar-refractivity contribution in [2.24, 2.45) is 0 Å². The summed E-state index contributed by atoms with van der Waals surface area (Å²) in [5.41, 5.74) is 1.26. The van der Waals surface area contributed by atoms with Gasteiger partial charge in [0.2, 0.25) is 10.0 Å². The molecule has 0 unspecified atom stereocenters. The Morgan fingerprint density at radius 3 is 2.84 bits per heavy atom. The molecule has 2 rings (SSSR count). The molecule has 1 aromatic heterocycles. The molecule has 1 fully saturated rings. The van der Waals surface area contributed by atoms with E-state index in [0.717, 1.165) is 13.0 Å². The first-order chi connectivity index (χ1) is 9.07. The molecule has 1 aromatic rings. The first kappa shape index (κ1) is 14.3. The Bertz CT molecular complexity index is 512. The number of aromatic nitrogens is 1. The van der Waals surface area contributed by atoms with E-state index in [4.69, 9.17) is 0 Å². The second-order valence-corrected chi connectivity index (χ2v) is 6.83. The summed E-state index contributed by atoms with van der Waals surface area (Å²) in [7, 11) is -3.26. The van der Waals surface area contributed by atoms with E-state index in [1.165, 1.54) is 12.8 Å². The van der Waals surface area contributed by atoms with E-state index in [1.54, 1.807) is 25.3 Å². The van der Waals surface area contributed by atoms with Gasteiger partial charge in [-0.25, -0.2) is 8.42 Å². The predicted octanol–water partition coefficient (Wildman–Crippen LogP) is 1.66. The third-order valence-electron chi connectivity index (χ3n) is 3.12. The lowest BCUT2D eigenvalue weighted by atomic mass is 10.3. The summed E-state index contributed by atoms with van der Waals surface area (Å²) in [5, 5.41) is 3.38. The average Bonchev–Trinajstić information content (AvgIpc) is 3.15. The lowest BCUT2D eigenvalue weighted by Crippen LogP contribution is -2.20. The lowest BCUT2D eigenvalue weighted by Gasteiger charge is -2.09. The molecule has 0 spiro atoms. The van der Waals surface area contributed by atoms with Crippen LogP contribution in [-0.2, 0) is 10.0 Å². The van der Waals surface area contributed by atoms with Crippen LogP contribution in [0.1, 0.15) is 31.4 Å². The van der Waals surface area contributed by atoms with E-state index in [2.05, 4.69) is 15.0 Å². The van der Waals surface area contributed by atoms with Gasteiger partial charge >= 0.3 is 0 Å². The minimum absolute atomic E-state index is 0.160. The minimum atomic E-state index is -3.26. The number of hydrogen-bond donors (Lipinski definition) is 2. The minimum Gasteiger partial charge on any atom is -0.314 e. The number of hydrogen-bond acceptors (Lipinski definition) is 4. The van der Waals surface area contributed by atoms with Gasteiger partial charge in [0.1, 0.15) is 0 Å². The molecule has 1 heterocycles. The number of anilines is 1. The Morgan fingerprint density at radius 2 is 2.16 bits per heavy atom. The highest BCUT2D eigenvalue weighted by atomic mass is 32.2. The van der Waals surface area contributed by atoms with Crippen molar-refractivity contribution in [3.05, 3.63) is 24.0 Å². The van der Waals surface area contributed by atoms with E-state index in [1.807, 2.05) is 0 Å². The fourth-order valence-electron chi connectivity index (χ4n) is 1.82. The summed E-state index contributed by atoms with van der Waals surface area (Å²) < 4.78 is 26.4. The van der Waals surface area contributed by atoms with Crippen LogP contribution in [0.2, 0.25) is 0 Å². The van der Waals surface area contributed by atoms with Crippen LogP contribution in [0.25, 0.3) is 0 Å². The number of nitrogens with one attached hydrogen (secondary N) is 2. The zero-order chi connectivity index (χ0) is 13.7. The largest absolute Gasteiger partial charge is 0.314 e. The van der Waals surface area contributed by atoms with Crippen molar-refractivity contribution in [2.75, 3.05) is 17.0 Å². The van der Waals surface area contributed by atoms with Gasteiger partial charge in [-0.05, 0) is 51.3 Å². The Kier molecular flexibility index (Phi) is 4.76. The normalized spacial score (nSPS) is 15.4. The molecule has 0 atom stereocenters. The van der Waals surface area contributed by atoms with E-state index >= 15 is 0 Å². The van der Waals surface area contributed by atoms with Crippen molar-refractivity contribution >= 4 is 15.7 Å². The second-order valence-electron chi connectivity index (χ2n) is 4.99. The predicted molar refractivity (Wildman–Crippen MR) is 76.6 cm³/mol. The number of pyridine rings is 1. The maximum atomic E-state index is 11.9. The molecule has 19 heavy (non-hydrogen) atoms. The zero-order valence-electron chi connectivity index (χ0n) is 11.2. The number of sulfonamides is 1. The summed E-state index contributed by atoms with van der Waals surface area (Å²) >= 11 is 0. The lowest BCUT2D eigenvalue weighted by molar-refractivity contribution is 0.591. The molecule has 5 nitrogen and oxygen atoms in total. The molecule has 0 aromatic carbocycles. The van der Waals surface area contributed by atoms with Crippen molar-refractivity contribution in [1.82, 2.24) is 10.3 Å². The van der Waals surface area contributed by atoms with Crippen LogP contribution in [-0.4, -0.2) is 31.7 Å². The van der Waals surface area contributed by atoms with Crippen LogP contribution in [0.15, 0.2) is 18.3 Å². The number of nitrogens with zero attached hydrogens (tertiary/aromatic N) is 1. The highest BCUT2D eigenvalue weighted by molar-refractivity contribution is 7.92. The summed E-state index contributed by atoms with van der Waals surface area (Å²) in [4.78, 5) is 4.06. The van der Waals surface area contributed by atoms with E-state index < -0.39 is 10.0 Å². The molecular weight excluding hydrogens is 262 g/mol. The van der Waals surface area contributed by atoms with Crippen molar-refractivity contribution in [1.29, 1.82) is 0 Å². The molecule has 106 valence electrons. The van der Waals surface area contributed by atoms with Gasteiger partial charge in [-0.1, -0.05) is 0 Å². The average molecular weight is 283 g/mol. The summed E-state index contributed by atoms with van der Waals surface area (Å²) in [6, 6.07) is 4.15. The fourth-order valence-corrected chi connectivity index (χ4v) is 3.06. The molecule has 0 amide bonds. The topological polar surface area (TPSA) is 71.1 Å². The third-order valence-corrected chi connectivity index (χ3v) is 4.48. The molecule has 0 aliphatic heterocycles. The third kappa shape index (κ3) is 5.16. The Morgan fingerprint density at radius 1 is 1.37 bits per heavy atom. The quantitative estimate of drug-likeness (QED) is 0.712. The first-order valence-corrected chi connectivity index (χ1v) is 8.37. The molecule has 0 bridgehead atoms. The van der Waals surface area contributed by atoms with Gasteiger partial charge in [0, 0.05) is 12.2 Å². The van der Waals surface area contributed by atoms with Gasteiger partial charge in [-0.15, -0.1) is 0 Å². The molecule has 1 saturated carbocycles. The molecule has 1 aliphatic rings. The van der Waals surface area contributed by atoms with Gasteiger partial charge in [0.25, 0.3) is 0 Å². The summed E-state index contributed by atoms with van der Waals surface area (Å²) in [6.45, 7) is 2.70. The van der Waals surface area contributed by atoms with Crippen molar-refractivity contribution in [2.45, 2.75) is 38.6 Å². The van der Waals surface area contributed by atoms with Crippen LogP contribution in [0, 0.1) is 6.92 Å². The fraction of sp³-hybridized carbons (Fsp3) is 0.615. The highest BCUT2D eigenvalue weighted by Gasteiger charge is 2.19. The second kappa shape index (κ2) is 6.34. The van der Waals surface area contributed by atoms with Crippen molar-refractivity contribution in [3.8, 4) is 0 Å². The smallest absolute Gasteiger partial charge is 0.232 e. The molecule has 0 saturated heterocycles. The molecule has 1 aliphatic carbocycles. The van der Waals surface area contributed by atoms with Crippen LogP contribution in [0.4, 0.5) is 5.69 Å². The number of rotatable bonds is 8. The van der Waals surface area contributed by atoms with Crippen LogP contribution in [0.3, 0.4) is 0 Å². The number of unbranched alkanes of at least 4 members (excludes halogenated alkanes) is 1. The first-order valence-electron chi connectivity index (χ1n) is 6.72. The molecule has 6 heteroatoms. The monoisotopic (exact) mass is 283 g/mol. The maximum Gasteiger partial charge on any atom is 0.232 e. The standard InChI is InChI=1S/C13H21N3O2S/c1-11-13(5-4-9-14-11)16-19(17,18)10-3-2-8-15-12-6-7-12/h4-5,9,12,15-16H,2-3,6-8,10H2,1H3. The number of aryl methyl sites for hydroxylation is 1. The van der Waals surface area contributed by atoms with E-state index in [-0.39, 0.29) is 5.75 Å². The zero-order valence-corrected chi connectivity index (χ0v) is 12.0. The highest BCUT2D eigenvalue weighted by Crippen LogP contribution is 2.18. The van der Waals surface area contributed by atoms with Crippen LogP contribution >= 0.6 is 0 Å². The van der Waals surface area contributed by atoms with Gasteiger partial charge in [0.05, 0.1) is 17.1 Å². The van der Waals surface area contributed by atoms with Crippen LogP contribution in [0.5, 0.6) is 0 Å². The Balaban J connectivity index is 1.73. The van der Waals surface area contributed by atoms with E-state index in [9.17, 15) is 8.42 Å². The maximum absolute atomic E-state index is 11.9. The van der Waals surface area contributed by atoms with Gasteiger partial charge in [-0.2, -0.15) is 0 Å².